The summed E-state index contributed by atoms with van der Waals surface area (Å²) in [5.41, 5.74) is 0. The first kappa shape index (κ1) is 14.3. The third-order valence-electron chi connectivity index (χ3n) is 2.32. The molecule has 0 spiro atoms. The van der Waals surface area contributed by atoms with Crippen molar-refractivity contribution in [1.29, 1.82) is 0 Å². The molecule has 0 fully saturated rings. The van der Waals surface area contributed by atoms with Gasteiger partial charge in [0.1, 0.15) is 0 Å². The van der Waals surface area contributed by atoms with Crippen molar-refractivity contribution >= 4 is 11.8 Å². The van der Waals surface area contributed by atoms with Gasteiger partial charge < -0.3 is 10.4 Å². The molecule has 0 saturated carbocycles. The van der Waals surface area contributed by atoms with Crippen LogP contribution >= 0.6 is 11.8 Å². The summed E-state index contributed by atoms with van der Waals surface area (Å²) in [7, 11) is 0. The number of nitrogens with one attached hydrogen (secondary N) is 1. The normalized spacial score (nSPS) is 15.4. The van der Waals surface area contributed by atoms with Crippen LogP contribution in [0.5, 0.6) is 0 Å². The van der Waals surface area contributed by atoms with E-state index in [2.05, 4.69) is 26.1 Å². The molecule has 14 heavy (non-hydrogen) atoms. The van der Waals surface area contributed by atoms with Gasteiger partial charge in [0.15, 0.2) is 0 Å². The molecule has 0 bridgehead atoms. The molecule has 2 unspecified atom stereocenters. The number of hydrogen-bond donors (Lipinski definition) is 2. The molecule has 2 nitrogen and oxygen atoms in total. The molecule has 0 aliphatic heterocycles. The highest BCUT2D eigenvalue weighted by Gasteiger charge is 2.06. The molecule has 0 aliphatic carbocycles. The molecule has 0 saturated heterocycles. The lowest BCUT2D eigenvalue weighted by Crippen LogP contribution is -2.35. The zero-order valence-corrected chi connectivity index (χ0v) is 10.6. The largest absolute Gasteiger partial charge is 0.395 e. The van der Waals surface area contributed by atoms with E-state index >= 15 is 0 Å². The van der Waals surface area contributed by atoms with Gasteiger partial charge in [-0.1, -0.05) is 27.2 Å². The van der Waals surface area contributed by atoms with Crippen LogP contribution < -0.4 is 5.32 Å². The summed E-state index contributed by atoms with van der Waals surface area (Å²) in [6.45, 7) is 7.92. The third-order valence-corrected chi connectivity index (χ3v) is 3.76. The predicted octanol–water partition coefficient (Wildman–Crippen LogP) is 2.13. The van der Waals surface area contributed by atoms with Gasteiger partial charge in [0, 0.05) is 11.8 Å². The van der Waals surface area contributed by atoms with Crippen LogP contribution in [0.3, 0.4) is 0 Å². The summed E-state index contributed by atoms with van der Waals surface area (Å²) in [4.78, 5) is 0. The number of thioether (sulfide) groups is 1. The van der Waals surface area contributed by atoms with Gasteiger partial charge in [0.25, 0.3) is 0 Å². The Kier molecular flexibility index (Phi) is 10.0. The van der Waals surface area contributed by atoms with Crippen molar-refractivity contribution in [1.82, 2.24) is 5.32 Å². The lowest BCUT2D eigenvalue weighted by atomic mass is 10.2. The summed E-state index contributed by atoms with van der Waals surface area (Å²) in [5, 5.41) is 12.4. The maximum Gasteiger partial charge on any atom is 0.0592 e. The minimum absolute atomic E-state index is 0.257. The second-order valence-corrected chi connectivity index (χ2v) is 4.96. The Balaban J connectivity index is 3.42. The lowest BCUT2D eigenvalue weighted by Gasteiger charge is -2.16. The van der Waals surface area contributed by atoms with Crippen molar-refractivity contribution in [2.45, 2.75) is 39.7 Å². The van der Waals surface area contributed by atoms with Crippen LogP contribution in [-0.2, 0) is 0 Å². The number of hydrogen-bond acceptors (Lipinski definition) is 3. The number of rotatable bonds is 9. The molecule has 0 aromatic rings. The van der Waals surface area contributed by atoms with Gasteiger partial charge in [0.05, 0.1) is 6.61 Å². The molecule has 2 N–H and O–H groups in total. The third kappa shape index (κ3) is 7.65. The van der Waals surface area contributed by atoms with Gasteiger partial charge in [-0.15, -0.1) is 0 Å². The Hall–Kier alpha value is 0.270. The maximum absolute atomic E-state index is 9.10. The highest BCUT2D eigenvalue weighted by Crippen LogP contribution is 2.12. The topological polar surface area (TPSA) is 32.3 Å². The SMILES string of the molecule is CCCNC(CO)CSCC(C)CC. The fourth-order valence-corrected chi connectivity index (χ4v) is 2.34. The molecule has 86 valence electrons. The summed E-state index contributed by atoms with van der Waals surface area (Å²) < 4.78 is 0. The van der Waals surface area contributed by atoms with Crippen molar-refractivity contribution in [2.75, 3.05) is 24.7 Å². The quantitative estimate of drug-likeness (QED) is 0.623. The van der Waals surface area contributed by atoms with Crippen LogP contribution in [0.1, 0.15) is 33.6 Å². The first-order chi connectivity index (χ1) is 6.74. The minimum atomic E-state index is 0.257. The van der Waals surface area contributed by atoms with Gasteiger partial charge in [0.2, 0.25) is 0 Å². The van der Waals surface area contributed by atoms with Crippen LogP contribution in [0.25, 0.3) is 0 Å². The summed E-state index contributed by atoms with van der Waals surface area (Å²) in [5.74, 6) is 3.03. The monoisotopic (exact) mass is 219 g/mol. The maximum atomic E-state index is 9.10. The van der Waals surface area contributed by atoms with E-state index in [0.717, 1.165) is 24.6 Å². The molecule has 0 rings (SSSR count). The van der Waals surface area contributed by atoms with E-state index in [9.17, 15) is 0 Å². The Morgan fingerprint density at radius 2 is 2.00 bits per heavy atom. The molecule has 0 radical (unpaired) electrons. The smallest absolute Gasteiger partial charge is 0.0592 e. The van der Waals surface area contributed by atoms with Gasteiger partial charge in [-0.05, 0) is 24.6 Å². The van der Waals surface area contributed by atoms with Crippen molar-refractivity contribution in [3.8, 4) is 0 Å². The van der Waals surface area contributed by atoms with Gasteiger partial charge in [-0.3, -0.25) is 0 Å². The molecular weight excluding hydrogens is 194 g/mol. The van der Waals surface area contributed by atoms with Gasteiger partial charge in [-0.25, -0.2) is 0 Å². The zero-order chi connectivity index (χ0) is 10.8. The second kappa shape index (κ2) is 9.81. The predicted molar refractivity (Wildman–Crippen MR) is 65.9 cm³/mol. The summed E-state index contributed by atoms with van der Waals surface area (Å²) in [6.07, 6.45) is 2.38. The lowest BCUT2D eigenvalue weighted by molar-refractivity contribution is 0.254. The second-order valence-electron chi connectivity index (χ2n) is 3.88. The average molecular weight is 219 g/mol. The number of aliphatic hydroxyl groups excluding tert-OH is 1. The molecule has 0 aromatic carbocycles. The standard InChI is InChI=1S/C11H25NOS/c1-4-6-12-11(7-13)9-14-8-10(3)5-2/h10-13H,4-9H2,1-3H3. The first-order valence-corrected chi connectivity index (χ1v) is 6.82. The van der Waals surface area contributed by atoms with Crippen molar-refractivity contribution < 1.29 is 5.11 Å². The first-order valence-electron chi connectivity index (χ1n) is 5.66. The summed E-state index contributed by atoms with van der Waals surface area (Å²) >= 11 is 1.95. The van der Waals surface area contributed by atoms with Crippen molar-refractivity contribution in [3.05, 3.63) is 0 Å². The van der Waals surface area contributed by atoms with E-state index in [1.54, 1.807) is 0 Å². The van der Waals surface area contributed by atoms with E-state index in [4.69, 9.17) is 5.11 Å². The fourth-order valence-electron chi connectivity index (χ4n) is 1.05. The highest BCUT2D eigenvalue weighted by molar-refractivity contribution is 7.99. The van der Waals surface area contributed by atoms with E-state index in [1.807, 2.05) is 11.8 Å². The Bertz CT molecular complexity index is 122. The average Bonchev–Trinajstić information content (AvgIpc) is 2.22. The Labute approximate surface area is 92.9 Å². The molecule has 0 aromatic heterocycles. The zero-order valence-electron chi connectivity index (χ0n) is 9.75. The van der Waals surface area contributed by atoms with Gasteiger partial charge >= 0.3 is 0 Å². The van der Waals surface area contributed by atoms with Crippen LogP contribution in [0.15, 0.2) is 0 Å². The van der Waals surface area contributed by atoms with Crippen molar-refractivity contribution in [3.63, 3.8) is 0 Å². The molecule has 3 heteroatoms. The summed E-state index contributed by atoms with van der Waals surface area (Å²) in [6, 6.07) is 0.281. The molecule has 0 amide bonds. The van der Waals surface area contributed by atoms with E-state index in [1.165, 1.54) is 12.2 Å². The van der Waals surface area contributed by atoms with Crippen LogP contribution in [-0.4, -0.2) is 35.8 Å². The molecule has 0 aliphatic rings. The fraction of sp³-hybridized carbons (Fsp3) is 1.00. The Morgan fingerprint density at radius 3 is 2.50 bits per heavy atom. The number of aliphatic hydroxyl groups is 1. The molecule has 2 atom stereocenters. The van der Waals surface area contributed by atoms with E-state index in [-0.39, 0.29) is 12.6 Å². The Morgan fingerprint density at radius 1 is 1.29 bits per heavy atom. The van der Waals surface area contributed by atoms with E-state index in [0.29, 0.717) is 0 Å². The highest BCUT2D eigenvalue weighted by atomic mass is 32.2. The van der Waals surface area contributed by atoms with Crippen LogP contribution in [0.2, 0.25) is 0 Å². The van der Waals surface area contributed by atoms with Crippen LogP contribution in [0.4, 0.5) is 0 Å². The van der Waals surface area contributed by atoms with Gasteiger partial charge in [-0.2, -0.15) is 11.8 Å². The van der Waals surface area contributed by atoms with Crippen LogP contribution in [0, 0.1) is 5.92 Å². The molecular formula is C11H25NOS. The van der Waals surface area contributed by atoms with Crippen molar-refractivity contribution in [2.24, 2.45) is 5.92 Å². The molecule has 0 heterocycles. The minimum Gasteiger partial charge on any atom is -0.395 e. The van der Waals surface area contributed by atoms with E-state index < -0.39 is 0 Å².